The average molecular weight is 410 g/mol. The molecule has 0 aliphatic heterocycles. The quantitative estimate of drug-likeness (QED) is 0.400. The van der Waals surface area contributed by atoms with Crippen LogP contribution in [0.1, 0.15) is 5.76 Å². The Morgan fingerprint density at radius 1 is 1.21 bits per heavy atom. The van der Waals surface area contributed by atoms with Crippen molar-refractivity contribution in [2.75, 3.05) is 11.1 Å². The van der Waals surface area contributed by atoms with Crippen molar-refractivity contribution in [1.29, 1.82) is 0 Å². The lowest BCUT2D eigenvalue weighted by Gasteiger charge is -2.13. The minimum Gasteiger partial charge on any atom is -0.360 e. The Bertz CT molecular complexity index is 1270. The number of aromatic nitrogens is 3. The molecule has 0 bridgehead atoms. The summed E-state index contributed by atoms with van der Waals surface area (Å²) in [5.41, 5.74) is 0.140. The van der Waals surface area contributed by atoms with E-state index >= 15 is 0 Å². The second-order valence-electron chi connectivity index (χ2n) is 6.16. The Morgan fingerprint density at radius 3 is 2.72 bits per heavy atom. The van der Waals surface area contributed by atoms with Gasteiger partial charge in [0.05, 0.1) is 22.3 Å². The van der Waals surface area contributed by atoms with Crippen molar-refractivity contribution in [1.82, 2.24) is 14.7 Å². The van der Waals surface area contributed by atoms with E-state index < -0.39 is 11.4 Å². The lowest BCUT2D eigenvalue weighted by atomic mass is 10.2. The van der Waals surface area contributed by atoms with Gasteiger partial charge < -0.3 is 9.84 Å². The molecule has 146 valence electrons. The molecule has 9 heteroatoms. The van der Waals surface area contributed by atoms with E-state index in [0.29, 0.717) is 22.5 Å². The molecule has 1 amide bonds. The van der Waals surface area contributed by atoms with Gasteiger partial charge in [-0.2, -0.15) is 0 Å². The minimum absolute atomic E-state index is 0.0505. The smallest absolute Gasteiger partial charge is 0.266 e. The molecule has 0 aliphatic carbocycles. The van der Waals surface area contributed by atoms with Crippen molar-refractivity contribution in [3.8, 4) is 5.69 Å². The molecular formula is C20H15FN4O3S. The number of amides is 1. The monoisotopic (exact) mass is 410 g/mol. The van der Waals surface area contributed by atoms with E-state index in [9.17, 15) is 14.0 Å². The Kier molecular flexibility index (Phi) is 5.13. The molecule has 4 aromatic rings. The molecule has 1 N–H and O–H groups in total. The van der Waals surface area contributed by atoms with Crippen LogP contribution in [0.15, 0.2) is 69.1 Å². The number of halogens is 1. The van der Waals surface area contributed by atoms with Crippen molar-refractivity contribution < 1.29 is 13.7 Å². The van der Waals surface area contributed by atoms with Gasteiger partial charge in [-0.25, -0.2) is 9.37 Å². The molecule has 4 rings (SSSR count). The van der Waals surface area contributed by atoms with Crippen molar-refractivity contribution in [3.63, 3.8) is 0 Å². The topological polar surface area (TPSA) is 90.0 Å². The number of nitrogens with zero attached hydrogens (tertiary/aromatic N) is 3. The number of rotatable bonds is 5. The van der Waals surface area contributed by atoms with Gasteiger partial charge in [-0.3, -0.25) is 14.2 Å². The Balaban J connectivity index is 1.71. The summed E-state index contributed by atoms with van der Waals surface area (Å²) in [6, 6.07) is 14.3. The number of hydrogen-bond donors (Lipinski definition) is 1. The van der Waals surface area contributed by atoms with E-state index in [1.807, 2.05) is 0 Å². The highest BCUT2D eigenvalue weighted by molar-refractivity contribution is 7.99. The van der Waals surface area contributed by atoms with Crippen LogP contribution < -0.4 is 10.9 Å². The zero-order valence-corrected chi connectivity index (χ0v) is 16.1. The van der Waals surface area contributed by atoms with Gasteiger partial charge in [-0.15, -0.1) is 0 Å². The number of benzene rings is 2. The fraction of sp³-hybridized carbons (Fsp3) is 0.100. The Hall–Kier alpha value is -3.46. The van der Waals surface area contributed by atoms with Crippen LogP contribution in [0.2, 0.25) is 0 Å². The summed E-state index contributed by atoms with van der Waals surface area (Å²) in [6.45, 7) is 1.71. The second kappa shape index (κ2) is 7.88. The first-order valence-electron chi connectivity index (χ1n) is 8.65. The Morgan fingerprint density at radius 2 is 1.97 bits per heavy atom. The molecule has 0 radical (unpaired) electrons. The number of nitrogens with one attached hydrogen (secondary N) is 1. The molecule has 0 unspecified atom stereocenters. The van der Waals surface area contributed by atoms with E-state index in [1.54, 1.807) is 49.4 Å². The number of para-hydroxylation sites is 2. The molecule has 29 heavy (non-hydrogen) atoms. The minimum atomic E-state index is -0.559. The molecule has 0 saturated carbocycles. The highest BCUT2D eigenvalue weighted by Gasteiger charge is 2.17. The molecule has 0 aliphatic rings. The maximum absolute atomic E-state index is 14.4. The number of aryl methyl sites for hydroxylation is 1. The average Bonchev–Trinajstić information content (AvgIpc) is 3.12. The van der Waals surface area contributed by atoms with Crippen LogP contribution in [0, 0.1) is 12.7 Å². The predicted octanol–water partition coefficient (Wildman–Crippen LogP) is 3.55. The largest absolute Gasteiger partial charge is 0.360 e. The zero-order valence-electron chi connectivity index (χ0n) is 15.3. The molecule has 7 nitrogen and oxygen atoms in total. The molecule has 0 saturated heterocycles. The molecule has 0 fully saturated rings. The van der Waals surface area contributed by atoms with Crippen molar-refractivity contribution in [2.24, 2.45) is 0 Å². The lowest BCUT2D eigenvalue weighted by Crippen LogP contribution is -2.23. The van der Waals surface area contributed by atoms with Crippen molar-refractivity contribution >= 4 is 34.4 Å². The summed E-state index contributed by atoms with van der Waals surface area (Å²) in [7, 11) is 0. The van der Waals surface area contributed by atoms with Crippen LogP contribution in [0.3, 0.4) is 0 Å². The normalized spacial score (nSPS) is 11.0. The zero-order chi connectivity index (χ0) is 20.4. The highest BCUT2D eigenvalue weighted by Crippen LogP contribution is 2.23. The SMILES string of the molecule is Cc1cc(NC(=O)CSc2nc3ccccc3c(=O)n2-c2ccccc2F)no1. The number of carbonyl (C=O) groups is 1. The summed E-state index contributed by atoms with van der Waals surface area (Å²) in [6.07, 6.45) is 0. The summed E-state index contributed by atoms with van der Waals surface area (Å²) in [4.78, 5) is 29.8. The first-order chi connectivity index (χ1) is 14.0. The van der Waals surface area contributed by atoms with Crippen LogP contribution in [-0.4, -0.2) is 26.4 Å². The van der Waals surface area contributed by atoms with E-state index in [0.717, 1.165) is 11.8 Å². The van der Waals surface area contributed by atoms with Crippen molar-refractivity contribution in [2.45, 2.75) is 12.1 Å². The number of thioether (sulfide) groups is 1. The van der Waals surface area contributed by atoms with Gasteiger partial charge in [0.2, 0.25) is 5.91 Å². The van der Waals surface area contributed by atoms with Crippen LogP contribution in [0.4, 0.5) is 10.2 Å². The lowest BCUT2D eigenvalue weighted by molar-refractivity contribution is -0.113. The number of fused-ring (bicyclic) bond motifs is 1. The molecule has 2 aromatic heterocycles. The van der Waals surface area contributed by atoms with Gasteiger partial charge in [-0.1, -0.05) is 41.2 Å². The van der Waals surface area contributed by atoms with E-state index in [2.05, 4.69) is 15.5 Å². The van der Waals surface area contributed by atoms with Crippen LogP contribution in [0.5, 0.6) is 0 Å². The molecule has 2 heterocycles. The standard InChI is InChI=1S/C20H15FN4O3S/c1-12-10-17(24-28-12)23-18(26)11-29-20-22-15-8-4-2-6-13(15)19(27)25(20)16-9-5-3-7-14(16)21/h2-10H,11H2,1H3,(H,23,24,26). The maximum atomic E-state index is 14.4. The first-order valence-corrected chi connectivity index (χ1v) is 9.64. The predicted molar refractivity (Wildman–Crippen MR) is 108 cm³/mol. The summed E-state index contributed by atoms with van der Waals surface area (Å²) in [5, 5.41) is 6.88. The fourth-order valence-electron chi connectivity index (χ4n) is 2.79. The van der Waals surface area contributed by atoms with Gasteiger partial charge in [-0.05, 0) is 31.2 Å². The number of hydrogen-bond acceptors (Lipinski definition) is 6. The summed E-state index contributed by atoms with van der Waals surface area (Å²) < 4.78 is 20.5. The number of anilines is 1. The van der Waals surface area contributed by atoms with Crippen LogP contribution in [0.25, 0.3) is 16.6 Å². The number of carbonyl (C=O) groups excluding carboxylic acids is 1. The van der Waals surface area contributed by atoms with Crippen molar-refractivity contribution in [3.05, 3.63) is 76.5 Å². The summed E-state index contributed by atoms with van der Waals surface area (Å²) in [5.74, 6) is -0.101. The molecule has 0 spiro atoms. The van der Waals surface area contributed by atoms with E-state index in [4.69, 9.17) is 4.52 Å². The van der Waals surface area contributed by atoms with Gasteiger partial charge in [0, 0.05) is 6.07 Å². The van der Waals surface area contributed by atoms with Gasteiger partial charge >= 0.3 is 0 Å². The third-order valence-corrected chi connectivity index (χ3v) is 5.00. The third-order valence-electron chi connectivity index (χ3n) is 4.07. The van der Waals surface area contributed by atoms with E-state index in [1.165, 1.54) is 16.7 Å². The summed E-state index contributed by atoms with van der Waals surface area (Å²) >= 11 is 1.03. The first kappa shape index (κ1) is 18.9. The highest BCUT2D eigenvalue weighted by atomic mass is 32.2. The van der Waals surface area contributed by atoms with Crippen LogP contribution >= 0.6 is 11.8 Å². The molecular weight excluding hydrogens is 395 g/mol. The van der Waals surface area contributed by atoms with Gasteiger partial charge in [0.25, 0.3) is 5.56 Å². The van der Waals surface area contributed by atoms with Gasteiger partial charge in [0.1, 0.15) is 11.6 Å². The molecule has 0 atom stereocenters. The third kappa shape index (κ3) is 3.90. The molecule has 2 aromatic carbocycles. The van der Waals surface area contributed by atoms with Gasteiger partial charge in [0.15, 0.2) is 11.0 Å². The fourth-order valence-corrected chi connectivity index (χ4v) is 3.59. The van der Waals surface area contributed by atoms with Crippen LogP contribution in [-0.2, 0) is 4.79 Å². The Labute approximate surface area is 168 Å². The van der Waals surface area contributed by atoms with E-state index in [-0.39, 0.29) is 22.5 Å². The maximum Gasteiger partial charge on any atom is 0.266 e. The second-order valence-corrected chi connectivity index (χ2v) is 7.11.